The molecule has 0 radical (unpaired) electrons. The number of hydrogen-bond acceptors (Lipinski definition) is 5. The molecule has 21 heavy (non-hydrogen) atoms. The molecule has 0 aliphatic carbocycles. The van der Waals surface area contributed by atoms with Crippen LogP contribution in [0.4, 0.5) is 0 Å². The summed E-state index contributed by atoms with van der Waals surface area (Å²) in [5.74, 6) is -0.305. The average Bonchev–Trinajstić information content (AvgIpc) is 2.42. The molecule has 0 aliphatic rings. The van der Waals surface area contributed by atoms with Gasteiger partial charge in [0.25, 0.3) is 0 Å². The van der Waals surface area contributed by atoms with Gasteiger partial charge in [0.15, 0.2) is 0 Å². The van der Waals surface area contributed by atoms with Crippen molar-refractivity contribution in [2.75, 3.05) is 7.11 Å². The van der Waals surface area contributed by atoms with Crippen molar-refractivity contribution < 1.29 is 17.9 Å². The predicted molar refractivity (Wildman–Crippen MR) is 80.0 cm³/mol. The van der Waals surface area contributed by atoms with Gasteiger partial charge in [-0.15, -0.1) is 0 Å². The van der Waals surface area contributed by atoms with Crippen LogP contribution in [-0.2, 0) is 19.6 Å². The van der Waals surface area contributed by atoms with E-state index in [9.17, 15) is 13.2 Å². The first-order chi connectivity index (χ1) is 9.66. The van der Waals surface area contributed by atoms with Crippen molar-refractivity contribution in [1.82, 2.24) is 5.32 Å². The van der Waals surface area contributed by atoms with Crippen molar-refractivity contribution in [2.24, 2.45) is 11.1 Å². The SMILES string of the molecule is COC(=O)[C@@H](NC(C)c1cccc(S(N)(=O)=O)c1)C(C)C. The van der Waals surface area contributed by atoms with Crippen LogP contribution in [0, 0.1) is 5.92 Å². The number of ether oxygens (including phenoxy) is 1. The van der Waals surface area contributed by atoms with Gasteiger partial charge in [0.1, 0.15) is 6.04 Å². The molecule has 118 valence electrons. The number of primary sulfonamides is 1. The van der Waals surface area contributed by atoms with Gasteiger partial charge in [-0.05, 0) is 30.5 Å². The van der Waals surface area contributed by atoms with Gasteiger partial charge in [0.2, 0.25) is 10.0 Å². The highest BCUT2D eigenvalue weighted by molar-refractivity contribution is 7.89. The van der Waals surface area contributed by atoms with Gasteiger partial charge in [-0.25, -0.2) is 13.6 Å². The highest BCUT2D eigenvalue weighted by atomic mass is 32.2. The average molecular weight is 314 g/mol. The lowest BCUT2D eigenvalue weighted by Crippen LogP contribution is -2.43. The predicted octanol–water partition coefficient (Wildman–Crippen LogP) is 1.18. The van der Waals surface area contributed by atoms with Crippen LogP contribution in [0.1, 0.15) is 32.4 Å². The van der Waals surface area contributed by atoms with Crippen LogP contribution in [0.2, 0.25) is 0 Å². The molecular weight excluding hydrogens is 292 g/mol. The fourth-order valence-electron chi connectivity index (χ4n) is 1.99. The van der Waals surface area contributed by atoms with Gasteiger partial charge in [-0.1, -0.05) is 26.0 Å². The number of benzene rings is 1. The molecule has 1 unspecified atom stereocenters. The number of nitrogens with two attached hydrogens (primary N) is 1. The Hall–Kier alpha value is -1.44. The summed E-state index contributed by atoms with van der Waals surface area (Å²) in [5.41, 5.74) is 0.732. The number of rotatable bonds is 6. The summed E-state index contributed by atoms with van der Waals surface area (Å²) < 4.78 is 27.5. The third-order valence-corrected chi connectivity index (χ3v) is 4.15. The Kier molecular flexibility index (Phi) is 5.88. The minimum Gasteiger partial charge on any atom is -0.468 e. The highest BCUT2D eigenvalue weighted by Crippen LogP contribution is 2.18. The fraction of sp³-hybridized carbons (Fsp3) is 0.500. The van der Waals surface area contributed by atoms with Gasteiger partial charge in [0, 0.05) is 6.04 Å². The van der Waals surface area contributed by atoms with Gasteiger partial charge in [-0.3, -0.25) is 10.1 Å². The Morgan fingerprint density at radius 2 is 1.90 bits per heavy atom. The molecule has 3 N–H and O–H groups in total. The standard InChI is InChI=1S/C14H22N2O4S/c1-9(2)13(14(17)20-4)16-10(3)11-6-5-7-12(8-11)21(15,18)19/h5-10,13,16H,1-4H3,(H2,15,18,19)/t10?,13-/m0/s1. The molecule has 0 amide bonds. The van der Waals surface area contributed by atoms with Crippen LogP contribution in [0.3, 0.4) is 0 Å². The molecule has 0 heterocycles. The van der Waals surface area contributed by atoms with Crippen LogP contribution in [-0.4, -0.2) is 27.5 Å². The van der Waals surface area contributed by atoms with E-state index in [1.54, 1.807) is 12.1 Å². The maximum absolute atomic E-state index is 11.7. The molecule has 7 heteroatoms. The van der Waals surface area contributed by atoms with E-state index in [2.05, 4.69) is 5.32 Å². The Labute approximate surface area is 125 Å². The van der Waals surface area contributed by atoms with Gasteiger partial charge < -0.3 is 4.74 Å². The van der Waals surface area contributed by atoms with Crippen LogP contribution < -0.4 is 10.5 Å². The monoisotopic (exact) mass is 314 g/mol. The van der Waals surface area contributed by atoms with E-state index in [-0.39, 0.29) is 22.8 Å². The summed E-state index contributed by atoms with van der Waals surface area (Å²) >= 11 is 0. The van der Waals surface area contributed by atoms with Gasteiger partial charge in [-0.2, -0.15) is 0 Å². The summed E-state index contributed by atoms with van der Waals surface area (Å²) in [7, 11) is -2.41. The summed E-state index contributed by atoms with van der Waals surface area (Å²) in [6, 6.07) is 5.64. The number of carbonyl (C=O) groups excluding carboxylic acids is 1. The van der Waals surface area contributed by atoms with Crippen molar-refractivity contribution in [3.05, 3.63) is 29.8 Å². The maximum Gasteiger partial charge on any atom is 0.323 e. The lowest BCUT2D eigenvalue weighted by molar-refractivity contribution is -0.144. The fourth-order valence-corrected chi connectivity index (χ4v) is 2.55. The van der Waals surface area contributed by atoms with E-state index in [0.29, 0.717) is 0 Å². The quantitative estimate of drug-likeness (QED) is 0.768. The summed E-state index contributed by atoms with van der Waals surface area (Å²) in [5, 5.41) is 8.27. The van der Waals surface area contributed by atoms with Gasteiger partial charge >= 0.3 is 5.97 Å². The minimum atomic E-state index is -3.74. The van der Waals surface area contributed by atoms with Crippen LogP contribution in [0.25, 0.3) is 0 Å². The molecule has 1 rings (SSSR count). The molecule has 0 saturated carbocycles. The van der Waals surface area contributed by atoms with E-state index in [1.807, 2.05) is 20.8 Å². The smallest absolute Gasteiger partial charge is 0.323 e. The lowest BCUT2D eigenvalue weighted by Gasteiger charge is -2.24. The Bertz CT molecular complexity index is 599. The molecule has 1 aromatic carbocycles. The number of sulfonamides is 1. The lowest BCUT2D eigenvalue weighted by atomic mass is 10.0. The molecule has 6 nitrogen and oxygen atoms in total. The van der Waals surface area contributed by atoms with Crippen LogP contribution in [0.5, 0.6) is 0 Å². The molecule has 1 aromatic rings. The molecule has 0 aliphatic heterocycles. The summed E-state index contributed by atoms with van der Waals surface area (Å²) in [6.45, 7) is 5.66. The third kappa shape index (κ3) is 4.80. The second-order valence-corrected chi connectivity index (χ2v) is 6.81. The van der Waals surface area contributed by atoms with Crippen molar-refractivity contribution in [3.63, 3.8) is 0 Å². The molecule has 0 fully saturated rings. The van der Waals surface area contributed by atoms with E-state index in [4.69, 9.17) is 9.88 Å². The molecule has 0 aromatic heterocycles. The second kappa shape index (κ2) is 7.02. The highest BCUT2D eigenvalue weighted by Gasteiger charge is 2.25. The Balaban J connectivity index is 2.98. The van der Waals surface area contributed by atoms with Gasteiger partial charge in [0.05, 0.1) is 12.0 Å². The van der Waals surface area contributed by atoms with Crippen molar-refractivity contribution in [3.8, 4) is 0 Å². The van der Waals surface area contributed by atoms with Crippen molar-refractivity contribution in [2.45, 2.75) is 37.8 Å². The van der Waals surface area contributed by atoms with E-state index in [1.165, 1.54) is 19.2 Å². The summed E-state index contributed by atoms with van der Waals surface area (Å²) in [4.78, 5) is 11.8. The van der Waals surface area contributed by atoms with E-state index >= 15 is 0 Å². The zero-order chi connectivity index (χ0) is 16.2. The normalized spacial score (nSPS) is 14.8. The minimum absolute atomic E-state index is 0.0429. The van der Waals surface area contributed by atoms with Crippen LogP contribution >= 0.6 is 0 Å². The number of methoxy groups -OCH3 is 1. The Morgan fingerprint density at radius 3 is 2.38 bits per heavy atom. The zero-order valence-corrected chi connectivity index (χ0v) is 13.5. The first-order valence-electron chi connectivity index (χ1n) is 6.63. The number of nitrogens with one attached hydrogen (secondary N) is 1. The molecule has 2 atom stereocenters. The molecular formula is C14H22N2O4S. The molecule has 0 spiro atoms. The molecule has 0 saturated heterocycles. The topological polar surface area (TPSA) is 98.5 Å². The van der Waals surface area contributed by atoms with Crippen LogP contribution in [0.15, 0.2) is 29.2 Å². The van der Waals surface area contributed by atoms with Crippen molar-refractivity contribution >= 4 is 16.0 Å². The summed E-state index contributed by atoms with van der Waals surface area (Å²) in [6.07, 6.45) is 0. The van der Waals surface area contributed by atoms with Crippen molar-refractivity contribution in [1.29, 1.82) is 0 Å². The van der Waals surface area contributed by atoms with E-state index < -0.39 is 16.1 Å². The zero-order valence-electron chi connectivity index (χ0n) is 12.7. The first-order valence-corrected chi connectivity index (χ1v) is 8.18. The Morgan fingerprint density at radius 1 is 1.29 bits per heavy atom. The first kappa shape index (κ1) is 17.6. The number of carbonyl (C=O) groups is 1. The number of hydrogen-bond donors (Lipinski definition) is 2. The molecule has 0 bridgehead atoms. The number of esters is 1. The van der Waals surface area contributed by atoms with E-state index in [0.717, 1.165) is 5.56 Å². The maximum atomic E-state index is 11.7. The largest absolute Gasteiger partial charge is 0.468 e. The third-order valence-electron chi connectivity index (χ3n) is 3.24. The second-order valence-electron chi connectivity index (χ2n) is 5.25.